The number of aryl methyl sites for hydroxylation is 1. The van der Waals surface area contributed by atoms with Gasteiger partial charge in [-0.2, -0.15) is 4.31 Å². The van der Waals surface area contributed by atoms with Crippen LogP contribution in [0.15, 0.2) is 29.4 Å². The number of Topliss-reactive ketones (excluding diaryl/α,β-unsaturated/α-hetero) is 1. The van der Waals surface area contributed by atoms with E-state index in [-0.39, 0.29) is 72.5 Å². The van der Waals surface area contributed by atoms with Gasteiger partial charge in [0.1, 0.15) is 6.67 Å². The molecule has 0 N–H and O–H groups in total. The van der Waals surface area contributed by atoms with Gasteiger partial charge >= 0.3 is 0 Å². The summed E-state index contributed by atoms with van der Waals surface area (Å²) in [5.41, 5.74) is -0.0396. The highest BCUT2D eigenvalue weighted by Gasteiger charge is 2.50. The normalized spacial score (nSPS) is 21.6. The van der Waals surface area contributed by atoms with Crippen LogP contribution in [0.3, 0.4) is 0 Å². The number of carbonyl (C=O) groups is 1. The van der Waals surface area contributed by atoms with Gasteiger partial charge in [-0.25, -0.2) is 21.6 Å². The summed E-state index contributed by atoms with van der Waals surface area (Å²) in [5.74, 6) is -3.30. The zero-order valence-electron chi connectivity index (χ0n) is 20.8. The molecule has 37 heavy (non-hydrogen) atoms. The minimum Gasteiger partial charge on any atom is -0.295 e. The molecule has 1 aliphatic carbocycles. The van der Waals surface area contributed by atoms with E-state index in [1.807, 2.05) is 6.92 Å². The zero-order chi connectivity index (χ0) is 27.0. The van der Waals surface area contributed by atoms with E-state index in [1.54, 1.807) is 7.05 Å². The lowest BCUT2D eigenvalue weighted by Gasteiger charge is -2.53. The molecule has 0 bridgehead atoms. The minimum atomic E-state index is -3.82. The highest BCUT2D eigenvalue weighted by Crippen LogP contribution is 2.47. The smallest absolute Gasteiger partial charge is 0.264 e. The minimum absolute atomic E-state index is 0.0817. The summed E-state index contributed by atoms with van der Waals surface area (Å²) in [6, 6.07) is 4.44. The maximum absolute atomic E-state index is 14.2. The Kier molecular flexibility index (Phi) is 8.04. The van der Waals surface area contributed by atoms with Crippen LogP contribution in [0.4, 0.5) is 13.2 Å². The van der Waals surface area contributed by atoms with Crippen molar-refractivity contribution in [3.8, 4) is 0 Å². The Hall–Kier alpha value is -2.02. The third kappa shape index (κ3) is 5.71. The van der Waals surface area contributed by atoms with Crippen LogP contribution in [0.2, 0.25) is 5.02 Å². The van der Waals surface area contributed by atoms with E-state index in [4.69, 9.17) is 11.6 Å². The second-order valence-corrected chi connectivity index (χ2v) is 12.3. The molecular formula is C24H31ClF3N5O3S. The Bertz CT molecular complexity index is 1240. The number of carbonyl (C=O) groups excluding carboxylic acids is 1. The Morgan fingerprint density at radius 3 is 2.32 bits per heavy atom. The Morgan fingerprint density at radius 1 is 1.14 bits per heavy atom. The van der Waals surface area contributed by atoms with Crippen LogP contribution in [-0.2, 0) is 23.7 Å². The number of halogens is 4. The maximum atomic E-state index is 14.2. The second-order valence-electron chi connectivity index (χ2n) is 10.1. The molecule has 0 amide bonds. The zero-order valence-corrected chi connectivity index (χ0v) is 22.4. The number of aromatic nitrogens is 3. The summed E-state index contributed by atoms with van der Waals surface area (Å²) < 4.78 is 70.0. The van der Waals surface area contributed by atoms with Gasteiger partial charge in [0.2, 0.25) is 10.9 Å². The number of hydrogen-bond donors (Lipinski definition) is 0. The summed E-state index contributed by atoms with van der Waals surface area (Å²) in [6.45, 7) is 2.22. The van der Waals surface area contributed by atoms with Gasteiger partial charge < -0.3 is 0 Å². The number of alkyl halides is 3. The predicted molar refractivity (Wildman–Crippen MR) is 132 cm³/mol. The first-order valence-electron chi connectivity index (χ1n) is 12.2. The fourth-order valence-corrected chi connectivity index (χ4v) is 7.21. The lowest BCUT2D eigenvalue weighted by atomic mass is 9.69. The fraction of sp³-hybridized carbons (Fsp3) is 0.625. The second kappa shape index (κ2) is 10.6. The molecule has 1 aromatic carbocycles. The van der Waals surface area contributed by atoms with Crippen LogP contribution in [0, 0.1) is 5.92 Å². The van der Waals surface area contributed by atoms with Gasteiger partial charge in [-0.05, 0) is 36.5 Å². The van der Waals surface area contributed by atoms with E-state index < -0.39 is 28.2 Å². The van der Waals surface area contributed by atoms with Crippen molar-refractivity contribution in [3.63, 3.8) is 0 Å². The molecule has 0 spiro atoms. The monoisotopic (exact) mass is 561 g/mol. The van der Waals surface area contributed by atoms with E-state index in [2.05, 4.69) is 15.2 Å². The van der Waals surface area contributed by atoms with E-state index in [0.29, 0.717) is 18.7 Å². The van der Waals surface area contributed by atoms with Crippen molar-refractivity contribution in [3.05, 3.63) is 40.5 Å². The highest BCUT2D eigenvalue weighted by atomic mass is 35.5. The third-order valence-corrected chi connectivity index (χ3v) is 9.87. The van der Waals surface area contributed by atoms with Crippen molar-refractivity contribution in [2.24, 2.45) is 13.0 Å². The molecule has 2 heterocycles. The molecule has 2 aromatic rings. The average Bonchev–Trinajstić information content (AvgIpc) is 3.31. The van der Waals surface area contributed by atoms with Crippen molar-refractivity contribution < 1.29 is 26.4 Å². The molecular weight excluding hydrogens is 531 g/mol. The number of hydrogen-bond acceptors (Lipinski definition) is 6. The van der Waals surface area contributed by atoms with Crippen molar-refractivity contribution >= 4 is 27.4 Å². The van der Waals surface area contributed by atoms with Crippen molar-refractivity contribution in [1.29, 1.82) is 0 Å². The van der Waals surface area contributed by atoms with Crippen LogP contribution in [0.5, 0.6) is 0 Å². The van der Waals surface area contributed by atoms with Gasteiger partial charge in [-0.15, -0.1) is 5.10 Å². The fourth-order valence-electron chi connectivity index (χ4n) is 5.57. The number of sulfonamides is 1. The molecule has 2 fully saturated rings. The molecule has 1 saturated heterocycles. The van der Waals surface area contributed by atoms with Crippen LogP contribution in [0.1, 0.15) is 54.9 Å². The molecule has 0 radical (unpaired) electrons. The average molecular weight is 562 g/mol. The number of piperazine rings is 1. The standard InChI is InChI=1S/C24H31ClF3N5O3S/c1-17(13-21(34)19-4-3-18(15-26)14-20(19)25)23(5-7-24(27,28)8-6-23)32-9-11-33(12-10-32)37(35,36)22-16-31(2)30-29-22/h3-4,14,16-17H,5-13,15H2,1-2H3. The summed E-state index contributed by atoms with van der Waals surface area (Å²) in [4.78, 5) is 15.2. The molecule has 1 atom stereocenters. The predicted octanol–water partition coefficient (Wildman–Crippen LogP) is 4.10. The van der Waals surface area contributed by atoms with Crippen LogP contribution >= 0.6 is 11.6 Å². The molecule has 13 heteroatoms. The van der Waals surface area contributed by atoms with Gasteiger partial charge in [0, 0.05) is 63.6 Å². The maximum Gasteiger partial charge on any atom is 0.264 e. The first kappa shape index (κ1) is 28.0. The molecule has 1 saturated carbocycles. The third-order valence-electron chi connectivity index (χ3n) is 7.80. The van der Waals surface area contributed by atoms with Gasteiger partial charge in [0.05, 0.1) is 11.2 Å². The van der Waals surface area contributed by atoms with Crippen LogP contribution in [0.25, 0.3) is 0 Å². The molecule has 204 valence electrons. The van der Waals surface area contributed by atoms with Gasteiger partial charge in [-0.3, -0.25) is 14.4 Å². The van der Waals surface area contributed by atoms with E-state index in [1.165, 1.54) is 33.4 Å². The summed E-state index contributed by atoms with van der Waals surface area (Å²) in [7, 11) is -2.24. The largest absolute Gasteiger partial charge is 0.295 e. The number of rotatable bonds is 8. The number of nitrogens with zero attached hydrogens (tertiary/aromatic N) is 5. The Balaban J connectivity index is 1.52. The van der Waals surface area contributed by atoms with Gasteiger partial charge in [-0.1, -0.05) is 29.8 Å². The SMILES string of the molecule is CC(CC(=O)c1ccc(CF)cc1Cl)C1(N2CCN(S(=O)(=O)c3cn(C)nn3)CC2)CCC(F)(F)CC1. The van der Waals surface area contributed by atoms with Crippen LogP contribution < -0.4 is 0 Å². The van der Waals surface area contributed by atoms with Crippen molar-refractivity contribution in [2.75, 3.05) is 26.2 Å². The van der Waals surface area contributed by atoms with Crippen molar-refractivity contribution in [1.82, 2.24) is 24.2 Å². The molecule has 1 aliphatic heterocycles. The topological polar surface area (TPSA) is 88.4 Å². The first-order valence-corrected chi connectivity index (χ1v) is 14.1. The quantitative estimate of drug-likeness (QED) is 0.451. The van der Waals surface area contributed by atoms with Crippen molar-refractivity contribution in [2.45, 2.75) is 62.2 Å². The summed E-state index contributed by atoms with van der Waals surface area (Å²) in [6.07, 6.45) is 1.22. The summed E-state index contributed by atoms with van der Waals surface area (Å²) >= 11 is 6.23. The van der Waals surface area contributed by atoms with E-state index in [9.17, 15) is 26.4 Å². The Labute approximate surface area is 219 Å². The number of ketones is 1. The Morgan fingerprint density at radius 2 is 1.78 bits per heavy atom. The molecule has 8 nitrogen and oxygen atoms in total. The highest BCUT2D eigenvalue weighted by molar-refractivity contribution is 7.89. The van der Waals surface area contributed by atoms with Gasteiger partial charge in [0.15, 0.2) is 5.78 Å². The van der Waals surface area contributed by atoms with Crippen LogP contribution in [-0.4, -0.2) is 76.0 Å². The molecule has 1 unspecified atom stereocenters. The first-order chi connectivity index (χ1) is 17.4. The molecule has 2 aliphatic rings. The molecule has 1 aromatic heterocycles. The molecule has 4 rings (SSSR count). The lowest BCUT2D eigenvalue weighted by molar-refractivity contribution is -0.103. The number of benzene rings is 1. The van der Waals surface area contributed by atoms with E-state index >= 15 is 0 Å². The van der Waals surface area contributed by atoms with E-state index in [0.717, 1.165) is 0 Å². The van der Waals surface area contributed by atoms with Gasteiger partial charge in [0.25, 0.3) is 10.0 Å². The lowest BCUT2D eigenvalue weighted by Crippen LogP contribution is -2.62. The summed E-state index contributed by atoms with van der Waals surface area (Å²) in [5, 5.41) is 7.46.